The number of fused-ring (bicyclic) bond motifs is 1. The summed E-state index contributed by atoms with van der Waals surface area (Å²) in [5.41, 5.74) is 1.10. The fourth-order valence-corrected chi connectivity index (χ4v) is 3.56. The van der Waals surface area contributed by atoms with Gasteiger partial charge in [-0.05, 0) is 41.6 Å². The van der Waals surface area contributed by atoms with Crippen molar-refractivity contribution in [1.29, 1.82) is 0 Å². The zero-order valence-electron chi connectivity index (χ0n) is 15.9. The van der Waals surface area contributed by atoms with E-state index in [2.05, 4.69) is 27.4 Å². The molecule has 2 aliphatic rings. The molecule has 3 heterocycles. The Labute approximate surface area is 166 Å². The lowest BCUT2D eigenvalue weighted by Crippen LogP contribution is -2.35. The van der Waals surface area contributed by atoms with E-state index >= 15 is 0 Å². The number of amides is 1. The number of ketones is 1. The largest absolute Gasteiger partial charge is 0.441 e. The van der Waals surface area contributed by atoms with Crippen molar-refractivity contribution in [2.75, 3.05) is 18.5 Å². The number of ether oxygens (including phenoxy) is 3. The standard InChI is InChI=1S/C19H21N5O5/c1-3-4-16-21-22-23-24(16)14-9-27-18-15(10-28-17(14)18)29-19(26)20-13-7-5-12(6-8-13)11(2)25/h3,5-8,14-15,17-18H,1,4,9-10H2,2H3,(H,20,26). The molecule has 29 heavy (non-hydrogen) atoms. The maximum atomic E-state index is 12.3. The molecule has 1 aromatic heterocycles. The van der Waals surface area contributed by atoms with Crippen molar-refractivity contribution in [3.05, 3.63) is 48.3 Å². The minimum absolute atomic E-state index is 0.0416. The number of tetrazole rings is 1. The molecule has 10 nitrogen and oxygen atoms in total. The summed E-state index contributed by atoms with van der Waals surface area (Å²) in [5.74, 6) is 0.633. The number of anilines is 1. The molecule has 152 valence electrons. The predicted octanol–water partition coefficient (Wildman–Crippen LogP) is 1.56. The van der Waals surface area contributed by atoms with Crippen LogP contribution in [0.3, 0.4) is 0 Å². The Hall–Kier alpha value is -3.11. The third-order valence-corrected chi connectivity index (χ3v) is 4.98. The van der Waals surface area contributed by atoms with Gasteiger partial charge in [0.05, 0.1) is 13.2 Å². The van der Waals surface area contributed by atoms with Crippen LogP contribution in [0.5, 0.6) is 0 Å². The number of nitrogens with one attached hydrogen (secondary N) is 1. The molecule has 1 aromatic carbocycles. The van der Waals surface area contributed by atoms with E-state index in [9.17, 15) is 9.59 Å². The van der Waals surface area contributed by atoms with E-state index in [1.807, 2.05) is 0 Å². The topological polar surface area (TPSA) is 117 Å². The average molecular weight is 399 g/mol. The molecule has 2 fully saturated rings. The van der Waals surface area contributed by atoms with Gasteiger partial charge in [0.25, 0.3) is 0 Å². The number of rotatable bonds is 6. The van der Waals surface area contributed by atoms with Gasteiger partial charge in [0.2, 0.25) is 0 Å². The molecule has 0 saturated carbocycles. The van der Waals surface area contributed by atoms with Gasteiger partial charge in [0.15, 0.2) is 17.7 Å². The van der Waals surface area contributed by atoms with Crippen LogP contribution < -0.4 is 5.32 Å². The quantitative estimate of drug-likeness (QED) is 0.574. The van der Waals surface area contributed by atoms with Crippen LogP contribution in [0.1, 0.15) is 29.1 Å². The molecule has 0 radical (unpaired) electrons. The highest BCUT2D eigenvalue weighted by molar-refractivity contribution is 5.94. The lowest BCUT2D eigenvalue weighted by Gasteiger charge is -2.17. The third-order valence-electron chi connectivity index (χ3n) is 4.98. The van der Waals surface area contributed by atoms with Crippen LogP contribution in [0.4, 0.5) is 10.5 Å². The Bertz CT molecular complexity index is 912. The summed E-state index contributed by atoms with van der Waals surface area (Å²) in [5, 5.41) is 14.4. The number of Topliss-reactive ketones (excluding diaryl/α,β-unsaturated/α-hetero) is 1. The van der Waals surface area contributed by atoms with Gasteiger partial charge in [-0.1, -0.05) is 6.08 Å². The summed E-state index contributed by atoms with van der Waals surface area (Å²) < 4.78 is 18.9. The molecular weight excluding hydrogens is 378 g/mol. The summed E-state index contributed by atoms with van der Waals surface area (Å²) in [6.07, 6.45) is 0.398. The number of allylic oxidation sites excluding steroid dienone is 1. The van der Waals surface area contributed by atoms with Gasteiger partial charge in [0, 0.05) is 17.7 Å². The van der Waals surface area contributed by atoms with Crippen molar-refractivity contribution in [2.45, 2.75) is 37.7 Å². The summed E-state index contributed by atoms with van der Waals surface area (Å²) in [6.45, 7) is 5.78. The minimum atomic E-state index is -0.614. The second kappa shape index (κ2) is 8.10. The van der Waals surface area contributed by atoms with E-state index < -0.39 is 18.3 Å². The second-order valence-corrected chi connectivity index (χ2v) is 6.90. The average Bonchev–Trinajstić information content (AvgIpc) is 3.40. The molecule has 2 aliphatic heterocycles. The van der Waals surface area contributed by atoms with Crippen LogP contribution in [0, 0.1) is 0 Å². The highest BCUT2D eigenvalue weighted by Crippen LogP contribution is 2.35. The van der Waals surface area contributed by atoms with Gasteiger partial charge in [-0.15, -0.1) is 11.7 Å². The Balaban J connectivity index is 1.36. The van der Waals surface area contributed by atoms with Crippen LogP contribution in [-0.2, 0) is 20.6 Å². The van der Waals surface area contributed by atoms with Crippen LogP contribution >= 0.6 is 0 Å². The maximum absolute atomic E-state index is 12.3. The molecule has 4 atom stereocenters. The van der Waals surface area contributed by atoms with E-state index in [0.717, 1.165) is 0 Å². The molecule has 1 N–H and O–H groups in total. The first-order valence-electron chi connectivity index (χ1n) is 9.26. The third kappa shape index (κ3) is 3.89. The first-order valence-corrected chi connectivity index (χ1v) is 9.26. The Kier molecular flexibility index (Phi) is 5.36. The van der Waals surface area contributed by atoms with Gasteiger partial charge in [-0.25, -0.2) is 9.48 Å². The monoisotopic (exact) mass is 399 g/mol. The lowest BCUT2D eigenvalue weighted by molar-refractivity contribution is 0.00765. The predicted molar refractivity (Wildman–Crippen MR) is 101 cm³/mol. The molecule has 4 rings (SSSR count). The normalized spacial score (nSPS) is 25.4. The molecule has 0 bridgehead atoms. The Morgan fingerprint density at radius 2 is 2.03 bits per heavy atom. The van der Waals surface area contributed by atoms with Crippen molar-refractivity contribution in [1.82, 2.24) is 20.2 Å². The maximum Gasteiger partial charge on any atom is 0.412 e. The fraction of sp³-hybridized carbons (Fsp3) is 0.421. The summed E-state index contributed by atoms with van der Waals surface area (Å²) >= 11 is 0. The van der Waals surface area contributed by atoms with Crippen LogP contribution in [-0.4, -0.2) is 63.6 Å². The highest BCUT2D eigenvalue weighted by atomic mass is 16.6. The van der Waals surface area contributed by atoms with Crippen molar-refractivity contribution >= 4 is 17.6 Å². The van der Waals surface area contributed by atoms with Crippen LogP contribution in [0.15, 0.2) is 36.9 Å². The number of nitrogens with zero attached hydrogens (tertiary/aromatic N) is 4. The number of hydrogen-bond acceptors (Lipinski definition) is 8. The molecule has 2 aromatic rings. The molecule has 4 unspecified atom stereocenters. The van der Waals surface area contributed by atoms with E-state index in [1.54, 1.807) is 35.0 Å². The number of carbonyl (C=O) groups is 2. The number of hydrogen-bond donors (Lipinski definition) is 1. The van der Waals surface area contributed by atoms with Gasteiger partial charge >= 0.3 is 6.09 Å². The van der Waals surface area contributed by atoms with Crippen LogP contribution in [0.2, 0.25) is 0 Å². The second-order valence-electron chi connectivity index (χ2n) is 6.90. The zero-order chi connectivity index (χ0) is 20.4. The number of benzene rings is 1. The Morgan fingerprint density at radius 1 is 1.28 bits per heavy atom. The van der Waals surface area contributed by atoms with E-state index in [4.69, 9.17) is 14.2 Å². The van der Waals surface area contributed by atoms with Crippen LogP contribution in [0.25, 0.3) is 0 Å². The molecule has 0 aliphatic carbocycles. The zero-order valence-corrected chi connectivity index (χ0v) is 15.9. The summed E-state index contributed by atoms with van der Waals surface area (Å²) in [7, 11) is 0. The SMILES string of the molecule is C=CCc1nnnn1C1COC2C(OC(=O)Nc3ccc(C(C)=O)cc3)COC21. The lowest BCUT2D eigenvalue weighted by atomic mass is 10.1. The Morgan fingerprint density at radius 3 is 2.76 bits per heavy atom. The molecule has 10 heteroatoms. The van der Waals surface area contributed by atoms with E-state index in [-0.39, 0.29) is 24.5 Å². The van der Waals surface area contributed by atoms with Gasteiger partial charge in [-0.2, -0.15) is 0 Å². The summed E-state index contributed by atoms with van der Waals surface area (Å²) in [6, 6.07) is 6.38. The minimum Gasteiger partial charge on any atom is -0.441 e. The van der Waals surface area contributed by atoms with E-state index in [0.29, 0.717) is 30.1 Å². The van der Waals surface area contributed by atoms with Crippen molar-refractivity contribution in [2.24, 2.45) is 0 Å². The smallest absolute Gasteiger partial charge is 0.412 e. The van der Waals surface area contributed by atoms with Gasteiger partial charge < -0.3 is 14.2 Å². The molecule has 2 saturated heterocycles. The van der Waals surface area contributed by atoms with Gasteiger partial charge in [-0.3, -0.25) is 10.1 Å². The summed E-state index contributed by atoms with van der Waals surface area (Å²) in [4.78, 5) is 23.6. The van der Waals surface area contributed by atoms with Crippen molar-refractivity contribution in [3.63, 3.8) is 0 Å². The molecule has 0 spiro atoms. The number of carbonyl (C=O) groups excluding carboxylic acids is 2. The first kappa shape index (κ1) is 19.2. The molecular formula is C19H21N5O5. The molecule has 1 amide bonds. The van der Waals surface area contributed by atoms with Crippen molar-refractivity contribution in [3.8, 4) is 0 Å². The fourth-order valence-electron chi connectivity index (χ4n) is 3.56. The van der Waals surface area contributed by atoms with Crippen molar-refractivity contribution < 1.29 is 23.8 Å². The number of aromatic nitrogens is 4. The highest BCUT2D eigenvalue weighted by Gasteiger charge is 2.51. The van der Waals surface area contributed by atoms with E-state index in [1.165, 1.54) is 6.92 Å². The first-order chi connectivity index (χ1) is 14.1. The van der Waals surface area contributed by atoms with Gasteiger partial charge in [0.1, 0.15) is 18.2 Å².